The lowest BCUT2D eigenvalue weighted by atomic mass is 9.74. The third kappa shape index (κ3) is 11.9. The molecule has 1 aromatic carbocycles. The third-order valence-corrected chi connectivity index (χ3v) is 17.9. The molecule has 0 amide bonds. The van der Waals surface area contributed by atoms with Crippen LogP contribution in [0.15, 0.2) is 79.7 Å². The number of anilines is 1. The fourth-order valence-corrected chi connectivity index (χ4v) is 13.9. The van der Waals surface area contributed by atoms with E-state index < -0.39 is 0 Å². The molecule has 6 heteroatoms. The highest BCUT2D eigenvalue weighted by atomic mass is 15.3. The van der Waals surface area contributed by atoms with Crippen LogP contribution in [0.4, 0.5) is 5.69 Å². The number of benzene rings is 1. The SMILES string of the molecule is C=CCCCCC1Cc2cc(cc(C3C=CC4C(CC)C(c5cc(N6CCN(C7CC7)CC6)cnc5C(C)CC)N(CC(C)(C)CCC(=C)C)C4C3)c2)CC[C@H]2NCCC2[C@@H](C(C)C)C(=C)N1. The molecule has 5 heterocycles. The molecule has 8 rings (SSSR count). The number of pyridine rings is 1. The summed E-state index contributed by atoms with van der Waals surface area (Å²) in [6, 6.07) is 13.1. The summed E-state index contributed by atoms with van der Waals surface area (Å²) >= 11 is 0. The summed E-state index contributed by atoms with van der Waals surface area (Å²) in [5.41, 5.74) is 11.5. The maximum absolute atomic E-state index is 5.49. The molecule has 6 aliphatic rings. The Balaban J connectivity index is 1.14. The van der Waals surface area contributed by atoms with E-state index in [4.69, 9.17) is 11.6 Å². The van der Waals surface area contributed by atoms with E-state index in [0.717, 1.165) is 77.2 Å². The van der Waals surface area contributed by atoms with Gasteiger partial charge in [-0.05, 0) is 160 Å². The lowest BCUT2D eigenvalue weighted by Crippen LogP contribution is -2.47. The van der Waals surface area contributed by atoms with Crippen molar-refractivity contribution in [2.45, 2.75) is 194 Å². The summed E-state index contributed by atoms with van der Waals surface area (Å²) in [5, 5.41) is 8.12. The molecule has 10 atom stereocenters. The largest absolute Gasteiger partial charge is 0.386 e. The molecule has 368 valence electrons. The Kier molecular flexibility index (Phi) is 16.7. The number of likely N-dealkylation sites (tertiary alicyclic amines) is 1. The molecular formula is C61H94N6. The summed E-state index contributed by atoms with van der Waals surface area (Å²) in [4.78, 5) is 14.0. The number of aromatic nitrogens is 1. The minimum Gasteiger partial charge on any atom is -0.386 e. The van der Waals surface area contributed by atoms with Crippen LogP contribution in [-0.2, 0) is 12.8 Å². The van der Waals surface area contributed by atoms with Gasteiger partial charge < -0.3 is 15.5 Å². The summed E-state index contributed by atoms with van der Waals surface area (Å²) in [6.45, 7) is 39.4. The van der Waals surface area contributed by atoms with Crippen molar-refractivity contribution in [1.82, 2.24) is 25.4 Å². The number of unbranched alkanes of at least 4 members (excludes halogenated alkanes) is 2. The van der Waals surface area contributed by atoms with Crippen LogP contribution in [-0.4, -0.2) is 78.2 Å². The summed E-state index contributed by atoms with van der Waals surface area (Å²) in [6.07, 6.45) is 27.5. The molecule has 2 N–H and O–H groups in total. The zero-order chi connectivity index (χ0) is 47.4. The number of hydrogen-bond acceptors (Lipinski definition) is 6. The quantitative estimate of drug-likeness (QED) is 0.115. The Morgan fingerprint density at radius 3 is 2.45 bits per heavy atom. The van der Waals surface area contributed by atoms with E-state index in [1.54, 1.807) is 0 Å². The van der Waals surface area contributed by atoms with Gasteiger partial charge in [-0.3, -0.25) is 14.8 Å². The van der Waals surface area contributed by atoms with Crippen molar-refractivity contribution >= 4 is 5.69 Å². The summed E-state index contributed by atoms with van der Waals surface area (Å²) in [7, 11) is 0. The van der Waals surface area contributed by atoms with E-state index in [0.29, 0.717) is 65.6 Å². The average Bonchev–Trinajstić information content (AvgIpc) is 4.00. The molecule has 1 aromatic heterocycles. The first-order valence-corrected chi connectivity index (χ1v) is 27.8. The van der Waals surface area contributed by atoms with Gasteiger partial charge in [-0.25, -0.2) is 0 Å². The molecule has 6 nitrogen and oxygen atoms in total. The van der Waals surface area contributed by atoms with Gasteiger partial charge in [0.15, 0.2) is 0 Å². The molecule has 2 bridgehead atoms. The van der Waals surface area contributed by atoms with Crippen molar-refractivity contribution in [2.75, 3.05) is 44.2 Å². The normalized spacial score (nSPS) is 30.1. The monoisotopic (exact) mass is 911 g/mol. The van der Waals surface area contributed by atoms with E-state index in [9.17, 15) is 0 Å². The summed E-state index contributed by atoms with van der Waals surface area (Å²) in [5.74, 6) is 3.56. The van der Waals surface area contributed by atoms with Crippen LogP contribution < -0.4 is 15.5 Å². The average molecular weight is 911 g/mol. The topological polar surface area (TPSA) is 46.7 Å². The number of allylic oxidation sites excluding steroid dienone is 4. The second-order valence-corrected chi connectivity index (χ2v) is 24.0. The Hall–Kier alpha value is -3.19. The molecule has 67 heavy (non-hydrogen) atoms. The predicted octanol–water partition coefficient (Wildman–Crippen LogP) is 13.3. The van der Waals surface area contributed by atoms with Gasteiger partial charge in [0.2, 0.25) is 0 Å². The van der Waals surface area contributed by atoms with Gasteiger partial charge in [0, 0.05) is 86.2 Å². The molecule has 1 saturated carbocycles. The molecule has 0 radical (unpaired) electrons. The second-order valence-electron chi connectivity index (χ2n) is 24.0. The highest BCUT2D eigenvalue weighted by Gasteiger charge is 2.51. The maximum Gasteiger partial charge on any atom is 0.0557 e. The number of hydrogen-bond donors (Lipinski definition) is 2. The van der Waals surface area contributed by atoms with Crippen LogP contribution in [0.1, 0.15) is 185 Å². The van der Waals surface area contributed by atoms with Crippen molar-refractivity contribution in [3.05, 3.63) is 108 Å². The van der Waals surface area contributed by atoms with E-state index in [-0.39, 0.29) is 5.41 Å². The highest BCUT2D eigenvalue weighted by Crippen LogP contribution is 2.54. The van der Waals surface area contributed by atoms with Crippen molar-refractivity contribution in [2.24, 2.45) is 35.0 Å². The van der Waals surface area contributed by atoms with E-state index in [1.165, 1.54) is 109 Å². The van der Waals surface area contributed by atoms with Crippen LogP contribution in [0.3, 0.4) is 0 Å². The Morgan fingerprint density at radius 2 is 1.75 bits per heavy atom. The first-order chi connectivity index (χ1) is 32.3. The zero-order valence-electron chi connectivity index (χ0n) is 43.8. The van der Waals surface area contributed by atoms with Crippen molar-refractivity contribution in [3.63, 3.8) is 0 Å². The maximum atomic E-state index is 5.49. The minimum absolute atomic E-state index is 0.151. The molecule has 4 fully saturated rings. The lowest BCUT2D eigenvalue weighted by Gasteiger charge is -2.41. The molecule has 2 aliphatic carbocycles. The molecular weight excluding hydrogens is 817 g/mol. The summed E-state index contributed by atoms with van der Waals surface area (Å²) < 4.78 is 0. The number of nitrogens with one attached hydrogen (secondary N) is 2. The van der Waals surface area contributed by atoms with Gasteiger partial charge in [-0.1, -0.05) is 110 Å². The van der Waals surface area contributed by atoms with E-state index in [1.807, 2.05) is 0 Å². The van der Waals surface area contributed by atoms with Gasteiger partial charge >= 0.3 is 0 Å². The van der Waals surface area contributed by atoms with Crippen molar-refractivity contribution in [3.8, 4) is 0 Å². The first kappa shape index (κ1) is 50.2. The van der Waals surface area contributed by atoms with Crippen LogP contribution >= 0.6 is 0 Å². The molecule has 2 aromatic rings. The van der Waals surface area contributed by atoms with Crippen LogP contribution in [0, 0.1) is 35.0 Å². The van der Waals surface area contributed by atoms with Crippen LogP contribution in [0.25, 0.3) is 0 Å². The van der Waals surface area contributed by atoms with Crippen LogP contribution in [0.5, 0.6) is 0 Å². The van der Waals surface area contributed by atoms with Gasteiger partial charge in [0.25, 0.3) is 0 Å². The number of piperazine rings is 1. The van der Waals surface area contributed by atoms with E-state index in [2.05, 4.69) is 143 Å². The Morgan fingerprint density at radius 1 is 0.970 bits per heavy atom. The van der Waals surface area contributed by atoms with Gasteiger partial charge in [0.05, 0.1) is 11.9 Å². The third-order valence-electron chi connectivity index (χ3n) is 17.9. The van der Waals surface area contributed by atoms with Crippen molar-refractivity contribution < 1.29 is 0 Å². The highest BCUT2D eigenvalue weighted by molar-refractivity contribution is 5.51. The molecule has 4 aliphatic heterocycles. The first-order valence-electron chi connectivity index (χ1n) is 27.8. The predicted molar refractivity (Wildman–Crippen MR) is 286 cm³/mol. The number of fused-ring (bicyclic) bond motifs is 4. The fraction of sp³-hybridized carbons (Fsp3) is 0.689. The Bertz CT molecular complexity index is 2020. The van der Waals surface area contributed by atoms with Gasteiger partial charge in [-0.2, -0.15) is 0 Å². The number of rotatable bonds is 18. The molecule has 8 unspecified atom stereocenters. The van der Waals surface area contributed by atoms with E-state index >= 15 is 0 Å². The minimum atomic E-state index is 0.151. The number of nitrogens with zero attached hydrogens (tertiary/aromatic N) is 4. The van der Waals surface area contributed by atoms with Gasteiger partial charge in [-0.15, -0.1) is 13.2 Å². The standard InChI is InChI=1S/C61H94N6/c1-12-15-16-17-18-49-36-46-33-45(19-24-56-54(26-28-62-56)58(42(6)7)44(9)64-49)34-48(35-46)47-20-23-53-52(14-3)60(67(57(53)37-47)40-61(10,11)27-25-41(4)5)55-38-51(39-63-59(55)43(8)13-2)66-31-29-65(30-32-66)50-21-22-50/h12,20,23,33-35,38-39,42-43,47,49-50,52-54,56-58,60,62,64H,1,4,9,13-19,21-22,24-32,36-37,40H2,2-3,5-8,10-11H3/t43?,47?,49?,52?,53?,54?,56-,57?,58+,60?/m1/s1. The smallest absolute Gasteiger partial charge is 0.0557 e. The van der Waals surface area contributed by atoms with Crippen molar-refractivity contribution in [1.29, 1.82) is 0 Å². The Labute approximate surface area is 410 Å². The lowest BCUT2D eigenvalue weighted by molar-refractivity contribution is 0.0993. The molecule has 0 spiro atoms. The second kappa shape index (κ2) is 22.3. The van der Waals surface area contributed by atoms with Gasteiger partial charge in [0.1, 0.15) is 0 Å². The number of aryl methyl sites for hydroxylation is 1. The van der Waals surface area contributed by atoms with Crippen LogP contribution in [0.2, 0.25) is 0 Å². The molecule has 3 saturated heterocycles. The fourth-order valence-electron chi connectivity index (χ4n) is 13.9. The zero-order valence-corrected chi connectivity index (χ0v) is 43.8.